The van der Waals surface area contributed by atoms with Gasteiger partial charge in [-0.3, -0.25) is 9.59 Å². The number of carbonyl (C=O) groups excluding carboxylic acids is 2. The molecule has 2 aromatic rings. The maximum absolute atomic E-state index is 14.0. The van der Waals surface area contributed by atoms with Gasteiger partial charge in [0.05, 0.1) is 4.91 Å². The Hall–Kier alpha value is -2.57. The lowest BCUT2D eigenvalue weighted by Crippen LogP contribution is -2.55. The third-order valence-corrected chi connectivity index (χ3v) is 10.9. The van der Waals surface area contributed by atoms with Gasteiger partial charge in [0.1, 0.15) is 0 Å². The number of hydrogen-bond donors (Lipinski definition) is 0. The van der Waals surface area contributed by atoms with Crippen LogP contribution in [0, 0.1) is 12.8 Å². The summed E-state index contributed by atoms with van der Waals surface area (Å²) in [6.07, 6.45) is 10.9. The van der Waals surface area contributed by atoms with E-state index in [4.69, 9.17) is 0 Å². The van der Waals surface area contributed by atoms with Crippen LogP contribution in [0.5, 0.6) is 0 Å². The maximum atomic E-state index is 14.0. The van der Waals surface area contributed by atoms with Crippen LogP contribution in [0.3, 0.4) is 0 Å². The Kier molecular flexibility index (Phi) is 8.64. The predicted molar refractivity (Wildman–Crippen MR) is 164 cm³/mol. The quantitative estimate of drug-likeness (QED) is 0.415. The van der Waals surface area contributed by atoms with E-state index in [0.717, 1.165) is 61.2 Å². The largest absolute Gasteiger partial charge is 0.342 e. The Labute approximate surface area is 244 Å². The molecule has 0 bridgehead atoms. The number of carbonyl (C=O) groups is 2. The number of fused-ring (bicyclic) bond motifs is 1. The van der Waals surface area contributed by atoms with Crippen molar-refractivity contribution >= 4 is 29.7 Å². The Bertz CT molecular complexity index is 1220. The molecule has 3 unspecified atom stereocenters. The van der Waals surface area contributed by atoms with Gasteiger partial charge in [-0.25, -0.2) is 0 Å². The van der Waals surface area contributed by atoms with E-state index in [9.17, 15) is 9.59 Å². The molecule has 2 amide bonds. The minimum absolute atomic E-state index is 0.0147. The molecule has 4 aliphatic rings. The van der Waals surface area contributed by atoms with Gasteiger partial charge in [-0.15, -0.1) is 11.8 Å². The fourth-order valence-electron chi connectivity index (χ4n) is 7.30. The van der Waals surface area contributed by atoms with Gasteiger partial charge in [-0.2, -0.15) is 0 Å². The Morgan fingerprint density at radius 1 is 0.925 bits per heavy atom. The highest BCUT2D eigenvalue weighted by Gasteiger charge is 2.45. The highest BCUT2D eigenvalue weighted by Crippen LogP contribution is 2.45. The lowest BCUT2D eigenvalue weighted by atomic mass is 9.82. The van der Waals surface area contributed by atoms with Gasteiger partial charge >= 0.3 is 0 Å². The van der Waals surface area contributed by atoms with Crippen molar-refractivity contribution in [2.75, 3.05) is 26.2 Å². The average molecular weight is 558 g/mol. The number of amides is 2. The second kappa shape index (κ2) is 12.5. The Morgan fingerprint density at radius 3 is 2.45 bits per heavy atom. The zero-order chi connectivity index (χ0) is 27.5. The van der Waals surface area contributed by atoms with E-state index < -0.39 is 0 Å². The van der Waals surface area contributed by atoms with Crippen LogP contribution in [-0.4, -0.2) is 70.0 Å². The van der Waals surface area contributed by atoms with Gasteiger partial charge in [0, 0.05) is 42.9 Å². The van der Waals surface area contributed by atoms with Gasteiger partial charge in [0.2, 0.25) is 5.91 Å². The topological polar surface area (TPSA) is 43.9 Å². The van der Waals surface area contributed by atoms with E-state index in [1.54, 1.807) is 11.8 Å². The molecule has 0 spiro atoms. The van der Waals surface area contributed by atoms with Crippen LogP contribution in [0.4, 0.5) is 0 Å². The van der Waals surface area contributed by atoms with E-state index in [0.29, 0.717) is 23.7 Å². The van der Waals surface area contributed by atoms with Gasteiger partial charge in [0.15, 0.2) is 0 Å². The molecular weight excluding hydrogens is 514 g/mol. The van der Waals surface area contributed by atoms with E-state index in [1.807, 2.05) is 18.2 Å². The molecule has 6 heteroatoms. The highest BCUT2D eigenvalue weighted by molar-refractivity contribution is 8.04. The summed E-state index contributed by atoms with van der Waals surface area (Å²) in [4.78, 5) is 35.5. The minimum atomic E-state index is 0.0147. The molecule has 212 valence electrons. The summed E-state index contributed by atoms with van der Waals surface area (Å²) in [7, 11) is 0. The van der Waals surface area contributed by atoms with Gasteiger partial charge < -0.3 is 14.7 Å². The van der Waals surface area contributed by atoms with Crippen molar-refractivity contribution in [2.24, 2.45) is 5.92 Å². The zero-order valence-corrected chi connectivity index (χ0v) is 24.7. The fraction of sp³-hybridized carbons (Fsp3) is 0.529. The molecular formula is C34H43N3O2S. The second-order valence-corrected chi connectivity index (χ2v) is 13.5. The molecule has 5 nitrogen and oxygen atoms in total. The molecule has 1 saturated carbocycles. The lowest BCUT2D eigenvalue weighted by Gasteiger charge is -2.47. The Morgan fingerprint density at radius 2 is 1.70 bits per heavy atom. The maximum Gasteiger partial charge on any atom is 0.260 e. The number of rotatable bonds is 5. The lowest BCUT2D eigenvalue weighted by molar-refractivity contribution is -0.141. The van der Waals surface area contributed by atoms with Crippen LogP contribution in [-0.2, 0) is 16.1 Å². The summed E-state index contributed by atoms with van der Waals surface area (Å²) >= 11 is 1.74. The van der Waals surface area contributed by atoms with Crippen LogP contribution >= 0.6 is 11.8 Å². The SMILES string of the molecule is Cc1cccc(CN2C(=O)/C(=C\c3ccccc3)SC3CCC(C(=O)N4CCC(N5CCCCC5)CC4)CC32)c1. The normalized spacial score (nSPS) is 27.6. The number of benzene rings is 2. The van der Waals surface area contributed by atoms with Gasteiger partial charge in [0.25, 0.3) is 5.91 Å². The van der Waals surface area contributed by atoms with Crippen LogP contribution in [0.25, 0.3) is 6.08 Å². The van der Waals surface area contributed by atoms with Crippen LogP contribution < -0.4 is 0 Å². The highest BCUT2D eigenvalue weighted by atomic mass is 32.2. The summed E-state index contributed by atoms with van der Waals surface area (Å²) in [5, 5.41) is 0.325. The summed E-state index contributed by atoms with van der Waals surface area (Å²) in [6.45, 7) is 6.92. The van der Waals surface area contributed by atoms with Crippen molar-refractivity contribution in [2.45, 2.75) is 82.2 Å². The molecule has 3 heterocycles. The molecule has 6 rings (SSSR count). The average Bonchev–Trinajstić information content (AvgIpc) is 3.00. The summed E-state index contributed by atoms with van der Waals surface area (Å²) in [5.41, 5.74) is 3.42. The standard InChI is InChI=1S/C34H43N3O2S/c1-25-9-8-12-27(21-25)24-37-30-23-28(33(38)36-19-15-29(16-20-36)35-17-6-3-7-18-35)13-14-31(30)40-32(34(37)39)22-26-10-4-2-5-11-26/h2,4-5,8-12,21-22,28-31H,3,6-7,13-20,23-24H2,1H3/b32-22+. The summed E-state index contributed by atoms with van der Waals surface area (Å²) < 4.78 is 0. The van der Waals surface area contributed by atoms with Gasteiger partial charge in [-0.05, 0) is 82.2 Å². The molecule has 40 heavy (non-hydrogen) atoms. The summed E-state index contributed by atoms with van der Waals surface area (Å²) in [6, 6.07) is 19.4. The minimum Gasteiger partial charge on any atom is -0.342 e. The van der Waals surface area contributed by atoms with Crippen molar-refractivity contribution in [3.05, 3.63) is 76.2 Å². The van der Waals surface area contributed by atoms with Crippen LogP contribution in [0.2, 0.25) is 0 Å². The monoisotopic (exact) mass is 557 g/mol. The second-order valence-electron chi connectivity index (χ2n) is 12.2. The van der Waals surface area contributed by atoms with Crippen molar-refractivity contribution in [3.63, 3.8) is 0 Å². The van der Waals surface area contributed by atoms with Crippen molar-refractivity contribution in [1.29, 1.82) is 0 Å². The first-order chi connectivity index (χ1) is 19.5. The van der Waals surface area contributed by atoms with E-state index >= 15 is 0 Å². The number of aryl methyl sites for hydroxylation is 1. The third-order valence-electron chi connectivity index (χ3n) is 9.47. The number of nitrogens with zero attached hydrogens (tertiary/aromatic N) is 3. The molecule has 0 radical (unpaired) electrons. The molecule has 3 atom stereocenters. The molecule has 3 saturated heterocycles. The molecule has 1 aliphatic carbocycles. The molecule has 3 aliphatic heterocycles. The first kappa shape index (κ1) is 27.6. The predicted octanol–water partition coefficient (Wildman–Crippen LogP) is 6.13. The van der Waals surface area contributed by atoms with Crippen molar-refractivity contribution < 1.29 is 9.59 Å². The van der Waals surface area contributed by atoms with E-state index in [1.165, 1.54) is 37.9 Å². The molecule has 0 N–H and O–H groups in total. The summed E-state index contributed by atoms with van der Waals surface area (Å²) in [5.74, 6) is 0.446. The first-order valence-electron chi connectivity index (χ1n) is 15.4. The fourth-order valence-corrected chi connectivity index (χ4v) is 8.72. The number of likely N-dealkylation sites (tertiary alicyclic amines) is 2. The number of thioether (sulfide) groups is 1. The van der Waals surface area contributed by atoms with Crippen molar-refractivity contribution in [1.82, 2.24) is 14.7 Å². The van der Waals surface area contributed by atoms with Crippen molar-refractivity contribution in [3.8, 4) is 0 Å². The third kappa shape index (κ3) is 6.18. The zero-order valence-electron chi connectivity index (χ0n) is 23.8. The van der Waals surface area contributed by atoms with E-state index in [-0.39, 0.29) is 17.9 Å². The smallest absolute Gasteiger partial charge is 0.260 e. The van der Waals surface area contributed by atoms with Gasteiger partial charge in [-0.1, -0.05) is 66.6 Å². The number of piperidine rings is 2. The molecule has 0 aromatic heterocycles. The molecule has 4 fully saturated rings. The first-order valence-corrected chi connectivity index (χ1v) is 16.3. The molecule has 2 aromatic carbocycles. The number of hydrogen-bond acceptors (Lipinski definition) is 4. The van der Waals surface area contributed by atoms with E-state index in [2.05, 4.69) is 64.1 Å². The Balaban J connectivity index is 1.17. The van der Waals surface area contributed by atoms with Crippen LogP contribution in [0.15, 0.2) is 59.5 Å². The van der Waals surface area contributed by atoms with Crippen LogP contribution in [0.1, 0.15) is 68.1 Å².